The number of amides is 4. The zero-order valence-corrected chi connectivity index (χ0v) is 28.1. The van der Waals surface area contributed by atoms with Gasteiger partial charge in [0.1, 0.15) is 28.9 Å². The van der Waals surface area contributed by atoms with Crippen LogP contribution in [0.15, 0.2) is 85.1 Å². The van der Waals surface area contributed by atoms with Gasteiger partial charge >= 0.3 is 6.03 Å². The van der Waals surface area contributed by atoms with Crippen molar-refractivity contribution in [1.29, 1.82) is 0 Å². The van der Waals surface area contributed by atoms with Crippen molar-refractivity contribution in [3.05, 3.63) is 96.3 Å². The number of sulfone groups is 1. The van der Waals surface area contributed by atoms with Crippen LogP contribution in [0.4, 0.5) is 22.1 Å². The van der Waals surface area contributed by atoms with Crippen LogP contribution in [0.3, 0.4) is 0 Å². The minimum Gasteiger partial charge on any atom is -0.457 e. The molecule has 3 aromatic carbocycles. The summed E-state index contributed by atoms with van der Waals surface area (Å²) in [6.45, 7) is 3.71. The molecule has 4 amide bonds. The summed E-state index contributed by atoms with van der Waals surface area (Å²) in [4.78, 5) is 41.5. The zero-order chi connectivity index (χ0) is 35.0. The van der Waals surface area contributed by atoms with E-state index in [1.165, 1.54) is 12.3 Å². The maximum Gasteiger partial charge on any atom is 0.324 e. The van der Waals surface area contributed by atoms with Crippen molar-refractivity contribution in [2.45, 2.75) is 33.1 Å². The third kappa shape index (κ3) is 9.64. The molecule has 4 N–H and O–H groups in total. The first kappa shape index (κ1) is 34.6. The maximum absolute atomic E-state index is 13.3. The van der Waals surface area contributed by atoms with E-state index in [1.807, 2.05) is 61.5 Å². The Morgan fingerprint density at radius 1 is 0.878 bits per heavy atom. The number of hydrogen-bond acceptors (Lipinski definition) is 8. The number of unbranched alkanes of at least 4 members (excludes halogenated alkanes) is 1. The Hall–Kier alpha value is -5.76. The highest BCUT2D eigenvalue weighted by atomic mass is 32.2. The van der Waals surface area contributed by atoms with Gasteiger partial charge in [0, 0.05) is 35.4 Å². The summed E-state index contributed by atoms with van der Waals surface area (Å²) in [6.07, 6.45) is 5.20. The number of hydrogen-bond donors (Lipinski definition) is 4. The van der Waals surface area contributed by atoms with E-state index < -0.39 is 40.0 Å². The molecule has 49 heavy (non-hydrogen) atoms. The monoisotopic (exact) mass is 683 g/mol. The van der Waals surface area contributed by atoms with Crippen LogP contribution in [0, 0.1) is 6.92 Å². The van der Waals surface area contributed by atoms with Crippen molar-refractivity contribution >= 4 is 55.8 Å². The minimum absolute atomic E-state index is 0.168. The number of rotatable bonds is 13. The van der Waals surface area contributed by atoms with Gasteiger partial charge in [-0.2, -0.15) is 5.10 Å². The summed E-state index contributed by atoms with van der Waals surface area (Å²) in [5, 5.41) is 16.9. The fourth-order valence-corrected chi connectivity index (χ4v) is 5.52. The number of nitrogens with one attached hydrogen (secondary N) is 4. The van der Waals surface area contributed by atoms with Crippen molar-refractivity contribution in [1.82, 2.24) is 20.1 Å². The molecule has 0 bridgehead atoms. The quantitative estimate of drug-likeness (QED) is 0.124. The molecule has 5 rings (SSSR count). The number of urea groups is 1. The van der Waals surface area contributed by atoms with Crippen molar-refractivity contribution in [3.8, 4) is 17.2 Å². The second kappa shape index (κ2) is 15.4. The SMILES string of the molecule is CCCCc1cc(NC(=O)Nc2ccc(Oc3ccnc(NC(=O)CNC(=O)CS(C)(=O)=O)c3)c3ccccc23)n(-c2ccc(C)cc2)n1. The molecule has 2 heterocycles. The second-order valence-corrected chi connectivity index (χ2v) is 13.6. The van der Waals surface area contributed by atoms with Crippen molar-refractivity contribution in [3.63, 3.8) is 0 Å². The van der Waals surface area contributed by atoms with Gasteiger partial charge in [0.2, 0.25) is 11.8 Å². The normalized spacial score (nSPS) is 11.2. The molecule has 0 aliphatic heterocycles. The number of anilines is 3. The van der Waals surface area contributed by atoms with Crippen LogP contribution in [0.1, 0.15) is 31.0 Å². The van der Waals surface area contributed by atoms with Crippen LogP contribution in [0.2, 0.25) is 0 Å². The summed E-state index contributed by atoms with van der Waals surface area (Å²) in [5.41, 5.74) is 3.41. The topological polar surface area (TPSA) is 173 Å². The van der Waals surface area contributed by atoms with Gasteiger partial charge in [0.05, 0.1) is 23.6 Å². The molecule has 0 radical (unpaired) electrons. The molecule has 13 nitrogen and oxygen atoms in total. The maximum atomic E-state index is 13.3. The molecule has 14 heteroatoms. The summed E-state index contributed by atoms with van der Waals surface area (Å²) < 4.78 is 30.4. The van der Waals surface area contributed by atoms with Gasteiger partial charge in [-0.05, 0) is 50.1 Å². The number of fused-ring (bicyclic) bond motifs is 1. The lowest BCUT2D eigenvalue weighted by Crippen LogP contribution is -2.36. The number of pyridine rings is 1. The van der Waals surface area contributed by atoms with Crippen LogP contribution >= 0.6 is 0 Å². The van der Waals surface area contributed by atoms with Gasteiger partial charge in [-0.15, -0.1) is 0 Å². The Kier molecular flexibility index (Phi) is 10.9. The van der Waals surface area contributed by atoms with Crippen molar-refractivity contribution in [2.75, 3.05) is 34.5 Å². The molecule has 0 aliphatic carbocycles. The number of ether oxygens (including phenoxy) is 1. The van der Waals surface area contributed by atoms with Crippen LogP contribution < -0.4 is 26.0 Å². The molecule has 0 atom stereocenters. The molecular weight excluding hydrogens is 646 g/mol. The van der Waals surface area contributed by atoms with Gasteiger partial charge in [-0.25, -0.2) is 22.9 Å². The Labute approximate surface area is 284 Å². The van der Waals surface area contributed by atoms with Crippen molar-refractivity contribution < 1.29 is 27.5 Å². The molecule has 0 saturated carbocycles. The highest BCUT2D eigenvalue weighted by molar-refractivity contribution is 7.91. The summed E-state index contributed by atoms with van der Waals surface area (Å²) in [7, 11) is -3.52. The Balaban J connectivity index is 1.29. The molecule has 5 aromatic rings. The third-order valence-electron chi connectivity index (χ3n) is 7.26. The molecule has 0 saturated heterocycles. The number of aromatic nitrogens is 3. The third-order valence-corrected chi connectivity index (χ3v) is 8.05. The number of carbonyl (C=O) groups excluding carboxylic acids is 3. The Bertz CT molecular complexity index is 2100. The van der Waals surface area contributed by atoms with Crippen LogP contribution in [-0.4, -0.2) is 59.6 Å². The van der Waals surface area contributed by atoms with Gasteiger partial charge in [-0.1, -0.05) is 55.3 Å². The molecule has 0 fully saturated rings. The van der Waals surface area contributed by atoms with Crippen LogP contribution in [0.25, 0.3) is 16.5 Å². The number of benzene rings is 3. The van der Waals surface area contributed by atoms with E-state index in [2.05, 4.69) is 33.2 Å². The lowest BCUT2D eigenvalue weighted by Gasteiger charge is -2.15. The lowest BCUT2D eigenvalue weighted by atomic mass is 10.1. The van der Waals surface area contributed by atoms with Gasteiger partial charge in [0.25, 0.3) is 0 Å². The highest BCUT2D eigenvalue weighted by Crippen LogP contribution is 2.35. The standard InChI is InChI=1S/C35H37N7O6S/c1-4-5-8-24-19-32(42(41-24)25-13-11-23(2)12-14-25)40-35(45)38-29-15-16-30(28-10-7-6-9-27(28)29)48-26-17-18-36-31(20-26)39-33(43)21-37-34(44)22-49(3,46)47/h6-7,9-20H,4-5,8,21-22H2,1-3H3,(H,37,44)(H,36,39,43)(H2,38,40,45). The number of aryl methyl sites for hydroxylation is 2. The largest absolute Gasteiger partial charge is 0.457 e. The first-order valence-electron chi connectivity index (χ1n) is 15.6. The van der Waals surface area contributed by atoms with E-state index >= 15 is 0 Å². The first-order valence-corrected chi connectivity index (χ1v) is 17.7. The first-order chi connectivity index (χ1) is 23.5. The minimum atomic E-state index is -3.52. The molecule has 0 unspecified atom stereocenters. The fraction of sp³-hybridized carbons (Fsp3) is 0.229. The van der Waals surface area contributed by atoms with E-state index in [1.54, 1.807) is 22.9 Å². The van der Waals surface area contributed by atoms with Crippen molar-refractivity contribution in [2.24, 2.45) is 0 Å². The molecular formula is C35H37N7O6S. The predicted octanol–water partition coefficient (Wildman–Crippen LogP) is 5.61. The Morgan fingerprint density at radius 2 is 1.63 bits per heavy atom. The number of nitrogens with zero attached hydrogens (tertiary/aromatic N) is 3. The second-order valence-electron chi connectivity index (χ2n) is 11.5. The smallest absolute Gasteiger partial charge is 0.324 e. The van der Waals surface area contributed by atoms with Crippen LogP contribution in [0.5, 0.6) is 11.5 Å². The summed E-state index contributed by atoms with van der Waals surface area (Å²) >= 11 is 0. The van der Waals surface area contributed by atoms with Gasteiger partial charge < -0.3 is 20.7 Å². The molecule has 2 aromatic heterocycles. The number of carbonyl (C=O) groups is 3. The van der Waals surface area contributed by atoms with E-state index in [-0.39, 0.29) is 5.82 Å². The molecule has 0 spiro atoms. The van der Waals surface area contributed by atoms with E-state index in [9.17, 15) is 22.8 Å². The lowest BCUT2D eigenvalue weighted by molar-refractivity contribution is -0.122. The fourth-order valence-electron chi connectivity index (χ4n) is 4.95. The van der Waals surface area contributed by atoms with Gasteiger partial charge in [0.15, 0.2) is 9.84 Å². The Morgan fingerprint density at radius 3 is 2.37 bits per heavy atom. The predicted molar refractivity (Wildman–Crippen MR) is 189 cm³/mol. The molecule has 254 valence electrons. The van der Waals surface area contributed by atoms with Crippen LogP contribution in [-0.2, 0) is 25.8 Å². The average Bonchev–Trinajstić information content (AvgIpc) is 3.45. The molecule has 0 aliphatic rings. The van der Waals surface area contributed by atoms with E-state index in [0.29, 0.717) is 23.0 Å². The average molecular weight is 684 g/mol. The highest BCUT2D eigenvalue weighted by Gasteiger charge is 2.16. The van der Waals surface area contributed by atoms with E-state index in [4.69, 9.17) is 9.84 Å². The van der Waals surface area contributed by atoms with E-state index in [0.717, 1.165) is 53.2 Å². The summed E-state index contributed by atoms with van der Waals surface area (Å²) in [6, 6.07) is 23.4. The summed E-state index contributed by atoms with van der Waals surface area (Å²) in [5.74, 6) is -0.501. The van der Waals surface area contributed by atoms with Gasteiger partial charge in [-0.3, -0.25) is 14.9 Å². The zero-order valence-electron chi connectivity index (χ0n) is 27.3.